The first-order chi connectivity index (χ1) is 19.5. The summed E-state index contributed by atoms with van der Waals surface area (Å²) in [6.45, 7) is 3.10. The lowest BCUT2D eigenvalue weighted by atomic mass is 10.0. The number of ether oxygens (including phenoxy) is 4. The van der Waals surface area contributed by atoms with Crippen LogP contribution < -0.4 is 15.4 Å². The average Bonchev–Trinajstić information content (AvgIpc) is 3.21. The summed E-state index contributed by atoms with van der Waals surface area (Å²) in [4.78, 5) is 61.2. The summed E-state index contributed by atoms with van der Waals surface area (Å²) < 4.78 is 22.0. The largest absolute Gasteiger partial charge is 0.491 e. The molecule has 2 aromatic carbocycles. The first-order valence-corrected chi connectivity index (χ1v) is 13.0. The van der Waals surface area contributed by atoms with E-state index in [0.29, 0.717) is 69.8 Å². The fourth-order valence-electron chi connectivity index (χ4n) is 4.32. The Balaban J connectivity index is 1.07. The third-order valence-electron chi connectivity index (χ3n) is 6.29. The van der Waals surface area contributed by atoms with Crippen LogP contribution >= 0.6 is 0 Å². The van der Waals surface area contributed by atoms with Gasteiger partial charge in [0.25, 0.3) is 11.8 Å². The van der Waals surface area contributed by atoms with Crippen molar-refractivity contribution in [2.24, 2.45) is 0 Å². The fourth-order valence-corrected chi connectivity index (χ4v) is 4.32. The van der Waals surface area contributed by atoms with E-state index < -0.39 is 29.7 Å². The predicted octanol–water partition coefficient (Wildman–Crippen LogP) is 1.44. The first kappa shape index (κ1) is 28.9. The number of aldehydes is 1. The minimum absolute atomic E-state index is 0.0677. The molecule has 0 aromatic heterocycles. The molecular formula is C28H31N3O9. The maximum absolute atomic E-state index is 13.1. The van der Waals surface area contributed by atoms with Crippen LogP contribution in [-0.2, 0) is 23.8 Å². The van der Waals surface area contributed by atoms with Crippen LogP contribution in [0.15, 0.2) is 42.5 Å². The van der Waals surface area contributed by atoms with Crippen LogP contribution in [0, 0.1) is 0 Å². The minimum atomic E-state index is -1.01. The molecule has 1 fully saturated rings. The molecule has 40 heavy (non-hydrogen) atoms. The molecule has 0 saturated carbocycles. The third kappa shape index (κ3) is 7.29. The van der Waals surface area contributed by atoms with Crippen molar-refractivity contribution in [2.45, 2.75) is 18.9 Å². The number of hydrogen-bond acceptors (Lipinski definition) is 10. The Hall–Kier alpha value is -4.13. The SMILES string of the molecule is O=Cc1ccc(OCCOCCOCCOCCNc2cccc3c2C(=O)N(C2CCC(=O)NC2=O)C3=O)cc1. The average molecular weight is 554 g/mol. The number of fused-ring (bicyclic) bond motifs is 1. The van der Waals surface area contributed by atoms with Gasteiger partial charge >= 0.3 is 0 Å². The maximum Gasteiger partial charge on any atom is 0.264 e. The van der Waals surface area contributed by atoms with Crippen molar-refractivity contribution in [1.29, 1.82) is 0 Å². The van der Waals surface area contributed by atoms with E-state index in [-0.39, 0.29) is 24.0 Å². The highest BCUT2D eigenvalue weighted by Gasteiger charge is 2.45. The summed E-state index contributed by atoms with van der Waals surface area (Å²) in [5.74, 6) is -1.50. The summed E-state index contributed by atoms with van der Waals surface area (Å²) >= 11 is 0. The molecule has 12 heteroatoms. The number of piperidine rings is 1. The molecule has 0 aliphatic carbocycles. The summed E-state index contributed by atoms with van der Waals surface area (Å²) in [5, 5.41) is 5.31. The number of carbonyl (C=O) groups excluding carboxylic acids is 5. The molecule has 2 aromatic rings. The van der Waals surface area contributed by atoms with Gasteiger partial charge in [-0.2, -0.15) is 0 Å². The van der Waals surface area contributed by atoms with Crippen molar-refractivity contribution < 1.29 is 42.9 Å². The van der Waals surface area contributed by atoms with Crippen molar-refractivity contribution in [1.82, 2.24) is 10.2 Å². The van der Waals surface area contributed by atoms with E-state index in [4.69, 9.17) is 18.9 Å². The van der Waals surface area contributed by atoms with Gasteiger partial charge in [0.1, 0.15) is 24.7 Å². The third-order valence-corrected chi connectivity index (χ3v) is 6.29. The summed E-state index contributed by atoms with van der Waals surface area (Å²) in [6, 6.07) is 10.7. The number of imide groups is 2. The Kier molecular flexibility index (Phi) is 10.3. The monoisotopic (exact) mass is 553 g/mol. The minimum Gasteiger partial charge on any atom is -0.491 e. The molecule has 0 spiro atoms. The summed E-state index contributed by atoms with van der Waals surface area (Å²) in [6.07, 6.45) is 0.950. The zero-order valence-corrected chi connectivity index (χ0v) is 21.9. The van der Waals surface area contributed by atoms with E-state index in [0.717, 1.165) is 11.2 Å². The number of anilines is 1. The van der Waals surface area contributed by atoms with E-state index in [1.807, 2.05) is 0 Å². The fraction of sp³-hybridized carbons (Fsp3) is 0.393. The molecule has 0 radical (unpaired) electrons. The zero-order valence-electron chi connectivity index (χ0n) is 21.9. The lowest BCUT2D eigenvalue weighted by Gasteiger charge is -2.27. The molecular weight excluding hydrogens is 522 g/mol. The van der Waals surface area contributed by atoms with Crippen molar-refractivity contribution in [3.05, 3.63) is 59.2 Å². The first-order valence-electron chi connectivity index (χ1n) is 13.0. The maximum atomic E-state index is 13.1. The Morgan fingerprint density at radius 1 is 0.850 bits per heavy atom. The van der Waals surface area contributed by atoms with Crippen LogP contribution in [0.3, 0.4) is 0 Å². The highest BCUT2D eigenvalue weighted by atomic mass is 16.6. The highest BCUT2D eigenvalue weighted by Crippen LogP contribution is 2.32. The van der Waals surface area contributed by atoms with Gasteiger partial charge < -0.3 is 24.3 Å². The van der Waals surface area contributed by atoms with Crippen LogP contribution in [-0.4, -0.2) is 93.6 Å². The smallest absolute Gasteiger partial charge is 0.264 e. The van der Waals surface area contributed by atoms with Gasteiger partial charge in [0.2, 0.25) is 11.8 Å². The predicted molar refractivity (Wildman–Crippen MR) is 141 cm³/mol. The van der Waals surface area contributed by atoms with Crippen LogP contribution in [0.25, 0.3) is 0 Å². The lowest BCUT2D eigenvalue weighted by molar-refractivity contribution is -0.136. The standard InChI is InChI=1S/C28H31N3O9/c32-18-19-4-6-20(7-5-19)40-17-16-39-15-14-38-13-12-37-11-10-29-22-3-1-2-21-25(22)28(36)31(27(21)35)23-8-9-24(33)30-26(23)34/h1-7,18,23,29H,8-17H2,(H,30,33,34). The number of amides is 4. The van der Waals surface area contributed by atoms with Gasteiger partial charge in [-0.1, -0.05) is 6.07 Å². The molecule has 2 heterocycles. The van der Waals surface area contributed by atoms with Crippen LogP contribution in [0.4, 0.5) is 5.69 Å². The van der Waals surface area contributed by atoms with E-state index in [2.05, 4.69) is 10.6 Å². The van der Waals surface area contributed by atoms with Crippen molar-refractivity contribution in [3.8, 4) is 5.75 Å². The van der Waals surface area contributed by atoms with Gasteiger partial charge in [0.05, 0.1) is 50.8 Å². The summed E-state index contributed by atoms with van der Waals surface area (Å²) in [5.41, 5.74) is 1.50. The molecule has 4 amide bonds. The number of rotatable bonds is 16. The van der Waals surface area contributed by atoms with Gasteiger partial charge in [-0.25, -0.2) is 0 Å². The molecule has 1 atom stereocenters. The van der Waals surface area contributed by atoms with Gasteiger partial charge in [-0.3, -0.25) is 34.2 Å². The molecule has 2 aliphatic rings. The second kappa shape index (κ2) is 14.3. The highest BCUT2D eigenvalue weighted by molar-refractivity contribution is 6.25. The number of nitrogens with zero attached hydrogens (tertiary/aromatic N) is 1. The molecule has 0 bridgehead atoms. The summed E-state index contributed by atoms with van der Waals surface area (Å²) in [7, 11) is 0. The second-order valence-corrected chi connectivity index (χ2v) is 8.97. The lowest BCUT2D eigenvalue weighted by Crippen LogP contribution is -2.54. The molecule has 12 nitrogen and oxygen atoms in total. The van der Waals surface area contributed by atoms with E-state index in [1.54, 1.807) is 42.5 Å². The van der Waals surface area contributed by atoms with Crippen molar-refractivity contribution in [3.63, 3.8) is 0 Å². The normalized spacial score (nSPS) is 16.6. The topological polar surface area (TPSA) is 150 Å². The van der Waals surface area contributed by atoms with Crippen molar-refractivity contribution in [2.75, 3.05) is 58.1 Å². The van der Waals surface area contributed by atoms with Gasteiger partial charge in [0.15, 0.2) is 0 Å². The van der Waals surface area contributed by atoms with Crippen LogP contribution in [0.5, 0.6) is 5.75 Å². The number of hydrogen-bond donors (Lipinski definition) is 2. The molecule has 1 unspecified atom stereocenters. The van der Waals surface area contributed by atoms with Crippen LogP contribution in [0.2, 0.25) is 0 Å². The number of nitrogens with one attached hydrogen (secondary N) is 2. The molecule has 4 rings (SSSR count). The van der Waals surface area contributed by atoms with E-state index in [9.17, 15) is 24.0 Å². The Morgan fingerprint density at radius 2 is 1.52 bits per heavy atom. The van der Waals surface area contributed by atoms with Gasteiger partial charge in [-0.15, -0.1) is 0 Å². The molecule has 212 valence electrons. The second-order valence-electron chi connectivity index (χ2n) is 8.97. The van der Waals surface area contributed by atoms with E-state index >= 15 is 0 Å². The number of carbonyl (C=O) groups is 5. The molecule has 2 aliphatic heterocycles. The van der Waals surface area contributed by atoms with Crippen LogP contribution in [0.1, 0.15) is 43.9 Å². The quantitative estimate of drug-likeness (QED) is 0.178. The Morgan fingerprint density at radius 3 is 2.20 bits per heavy atom. The van der Waals surface area contributed by atoms with E-state index in [1.165, 1.54) is 0 Å². The van der Waals surface area contributed by atoms with Crippen molar-refractivity contribution >= 4 is 35.6 Å². The van der Waals surface area contributed by atoms with Gasteiger partial charge in [-0.05, 0) is 42.8 Å². The Labute approximate surface area is 230 Å². The molecule has 1 saturated heterocycles. The Bertz CT molecular complexity index is 1230. The zero-order chi connectivity index (χ0) is 28.3. The number of benzene rings is 2. The molecule has 2 N–H and O–H groups in total. The van der Waals surface area contributed by atoms with Gasteiger partial charge in [0, 0.05) is 24.2 Å².